The summed E-state index contributed by atoms with van der Waals surface area (Å²) in [4.78, 5) is 11.5. The minimum atomic E-state index is 0.00625. The largest absolute Gasteiger partial charge is 0.319 e. The molecule has 0 saturated heterocycles. The fourth-order valence-electron chi connectivity index (χ4n) is 1.27. The quantitative estimate of drug-likeness (QED) is 0.762. The second kappa shape index (κ2) is 5.50. The molecule has 84 valence electrons. The van der Waals surface area contributed by atoms with Gasteiger partial charge in [0.05, 0.1) is 6.20 Å². The zero-order valence-corrected chi connectivity index (χ0v) is 9.45. The first-order chi connectivity index (χ1) is 7.15. The van der Waals surface area contributed by atoms with Crippen LogP contribution in [0.4, 0.5) is 5.82 Å². The van der Waals surface area contributed by atoms with E-state index in [9.17, 15) is 4.79 Å². The summed E-state index contributed by atoms with van der Waals surface area (Å²) in [6.45, 7) is 4.73. The van der Waals surface area contributed by atoms with E-state index in [4.69, 9.17) is 0 Å². The van der Waals surface area contributed by atoms with Gasteiger partial charge in [0.25, 0.3) is 0 Å². The van der Waals surface area contributed by atoms with E-state index in [1.807, 2.05) is 20.9 Å². The lowest BCUT2D eigenvalue weighted by atomic mass is 10.4. The number of nitrogens with one attached hydrogen (secondary N) is 2. The van der Waals surface area contributed by atoms with E-state index < -0.39 is 0 Å². The van der Waals surface area contributed by atoms with E-state index in [0.29, 0.717) is 13.0 Å². The summed E-state index contributed by atoms with van der Waals surface area (Å²) < 4.78 is 1.79. The van der Waals surface area contributed by atoms with Crippen LogP contribution in [0, 0.1) is 0 Å². The van der Waals surface area contributed by atoms with Crippen LogP contribution >= 0.6 is 0 Å². The minimum absolute atomic E-state index is 0.00625. The summed E-state index contributed by atoms with van der Waals surface area (Å²) >= 11 is 0. The van der Waals surface area contributed by atoms with Gasteiger partial charge in [0.15, 0.2) is 0 Å². The van der Waals surface area contributed by atoms with Crippen molar-refractivity contribution in [3.63, 3.8) is 0 Å². The number of carbonyl (C=O) groups is 1. The van der Waals surface area contributed by atoms with Crippen LogP contribution in [-0.4, -0.2) is 29.3 Å². The summed E-state index contributed by atoms with van der Waals surface area (Å²) in [5, 5.41) is 9.90. The zero-order chi connectivity index (χ0) is 11.3. The molecule has 0 unspecified atom stereocenters. The van der Waals surface area contributed by atoms with E-state index in [1.165, 1.54) is 0 Å². The third kappa shape index (κ3) is 3.36. The molecule has 1 heterocycles. The highest BCUT2D eigenvalue weighted by Crippen LogP contribution is 2.12. The summed E-state index contributed by atoms with van der Waals surface area (Å²) in [6.07, 6.45) is 2.16. The van der Waals surface area contributed by atoms with Crippen molar-refractivity contribution in [1.82, 2.24) is 15.1 Å². The second-order valence-electron chi connectivity index (χ2n) is 3.66. The Morgan fingerprint density at radius 2 is 2.33 bits per heavy atom. The molecule has 1 rings (SSSR count). The van der Waals surface area contributed by atoms with E-state index in [0.717, 1.165) is 5.82 Å². The molecule has 5 nitrogen and oxygen atoms in total. The molecular formula is C10H18N4O. The Kier molecular flexibility index (Phi) is 4.30. The van der Waals surface area contributed by atoms with Crippen molar-refractivity contribution in [2.75, 3.05) is 18.9 Å². The van der Waals surface area contributed by atoms with E-state index in [1.54, 1.807) is 16.9 Å². The normalized spacial score (nSPS) is 10.7. The summed E-state index contributed by atoms with van der Waals surface area (Å²) in [5.41, 5.74) is 0. The predicted molar refractivity (Wildman–Crippen MR) is 59.8 cm³/mol. The third-order valence-corrected chi connectivity index (χ3v) is 2.03. The van der Waals surface area contributed by atoms with E-state index in [-0.39, 0.29) is 11.9 Å². The smallest absolute Gasteiger partial charge is 0.226 e. The van der Waals surface area contributed by atoms with Gasteiger partial charge in [-0.2, -0.15) is 5.10 Å². The standard InChI is InChI=1S/C10H18N4O/c1-8(2)14-9(4-7-12-14)13-10(15)5-6-11-3/h4,7-8,11H,5-6H2,1-3H3,(H,13,15). The summed E-state index contributed by atoms with van der Waals surface area (Å²) in [5.74, 6) is 0.762. The summed E-state index contributed by atoms with van der Waals surface area (Å²) in [6, 6.07) is 2.05. The predicted octanol–water partition coefficient (Wildman–Crippen LogP) is 1.01. The first-order valence-corrected chi connectivity index (χ1v) is 5.13. The lowest BCUT2D eigenvalue weighted by molar-refractivity contribution is -0.116. The number of anilines is 1. The fraction of sp³-hybridized carbons (Fsp3) is 0.600. The van der Waals surface area contributed by atoms with Gasteiger partial charge in [0, 0.05) is 25.1 Å². The lowest BCUT2D eigenvalue weighted by Crippen LogP contribution is -2.20. The van der Waals surface area contributed by atoms with Gasteiger partial charge in [0.1, 0.15) is 5.82 Å². The molecule has 0 aliphatic heterocycles. The Bertz CT molecular complexity index is 319. The fourth-order valence-corrected chi connectivity index (χ4v) is 1.27. The third-order valence-electron chi connectivity index (χ3n) is 2.03. The van der Waals surface area contributed by atoms with Crippen molar-refractivity contribution < 1.29 is 4.79 Å². The number of aromatic nitrogens is 2. The van der Waals surface area contributed by atoms with Crippen molar-refractivity contribution in [2.24, 2.45) is 0 Å². The monoisotopic (exact) mass is 210 g/mol. The molecule has 2 N–H and O–H groups in total. The van der Waals surface area contributed by atoms with Crippen LogP contribution in [0.3, 0.4) is 0 Å². The number of carbonyl (C=O) groups excluding carboxylic acids is 1. The van der Waals surface area contributed by atoms with Crippen LogP contribution < -0.4 is 10.6 Å². The highest BCUT2D eigenvalue weighted by molar-refractivity contribution is 5.89. The molecule has 5 heteroatoms. The topological polar surface area (TPSA) is 59.0 Å². The molecule has 0 atom stereocenters. The Balaban J connectivity index is 2.56. The Labute approximate surface area is 89.9 Å². The zero-order valence-electron chi connectivity index (χ0n) is 9.45. The molecule has 0 fully saturated rings. The maximum atomic E-state index is 11.5. The van der Waals surface area contributed by atoms with Gasteiger partial charge in [-0.3, -0.25) is 4.79 Å². The van der Waals surface area contributed by atoms with Gasteiger partial charge in [-0.05, 0) is 20.9 Å². The van der Waals surface area contributed by atoms with Crippen LogP contribution in [0.1, 0.15) is 26.3 Å². The Morgan fingerprint density at radius 3 is 2.93 bits per heavy atom. The molecule has 15 heavy (non-hydrogen) atoms. The van der Waals surface area contributed by atoms with Crippen LogP contribution in [0.15, 0.2) is 12.3 Å². The van der Waals surface area contributed by atoms with Gasteiger partial charge >= 0.3 is 0 Å². The van der Waals surface area contributed by atoms with E-state index in [2.05, 4.69) is 15.7 Å². The molecule has 1 aromatic rings. The van der Waals surface area contributed by atoms with Crippen LogP contribution in [-0.2, 0) is 4.79 Å². The van der Waals surface area contributed by atoms with Crippen LogP contribution in [0.25, 0.3) is 0 Å². The van der Waals surface area contributed by atoms with Gasteiger partial charge in [-0.15, -0.1) is 0 Å². The van der Waals surface area contributed by atoms with Gasteiger partial charge in [-0.1, -0.05) is 0 Å². The van der Waals surface area contributed by atoms with Gasteiger partial charge < -0.3 is 10.6 Å². The first kappa shape index (κ1) is 11.7. The first-order valence-electron chi connectivity index (χ1n) is 5.13. The van der Waals surface area contributed by atoms with Gasteiger partial charge in [0.2, 0.25) is 5.91 Å². The van der Waals surface area contributed by atoms with Crippen molar-refractivity contribution in [1.29, 1.82) is 0 Å². The summed E-state index contributed by atoms with van der Waals surface area (Å²) in [7, 11) is 1.83. The number of hydrogen-bond acceptors (Lipinski definition) is 3. The number of hydrogen-bond donors (Lipinski definition) is 2. The second-order valence-corrected chi connectivity index (χ2v) is 3.66. The molecule has 0 aliphatic rings. The lowest BCUT2D eigenvalue weighted by Gasteiger charge is -2.11. The number of amides is 1. The van der Waals surface area contributed by atoms with Crippen molar-refractivity contribution in [3.8, 4) is 0 Å². The van der Waals surface area contributed by atoms with Crippen molar-refractivity contribution >= 4 is 11.7 Å². The molecule has 1 aromatic heterocycles. The Hall–Kier alpha value is -1.36. The molecule has 0 aromatic carbocycles. The average molecular weight is 210 g/mol. The molecular weight excluding hydrogens is 192 g/mol. The number of rotatable bonds is 5. The molecule has 0 saturated carbocycles. The molecule has 0 bridgehead atoms. The van der Waals surface area contributed by atoms with Crippen molar-refractivity contribution in [2.45, 2.75) is 26.3 Å². The van der Waals surface area contributed by atoms with Crippen LogP contribution in [0.2, 0.25) is 0 Å². The SMILES string of the molecule is CNCCC(=O)Nc1ccnn1C(C)C. The molecule has 1 amide bonds. The number of nitrogens with zero attached hydrogens (tertiary/aromatic N) is 2. The Morgan fingerprint density at radius 1 is 1.60 bits per heavy atom. The van der Waals surface area contributed by atoms with Crippen LogP contribution in [0.5, 0.6) is 0 Å². The van der Waals surface area contributed by atoms with Crippen molar-refractivity contribution in [3.05, 3.63) is 12.3 Å². The maximum absolute atomic E-state index is 11.5. The van der Waals surface area contributed by atoms with E-state index >= 15 is 0 Å². The van der Waals surface area contributed by atoms with Gasteiger partial charge in [-0.25, -0.2) is 4.68 Å². The molecule has 0 radical (unpaired) electrons. The highest BCUT2D eigenvalue weighted by atomic mass is 16.1. The molecule has 0 aliphatic carbocycles. The maximum Gasteiger partial charge on any atom is 0.226 e. The minimum Gasteiger partial charge on any atom is -0.319 e. The highest BCUT2D eigenvalue weighted by Gasteiger charge is 2.08. The molecule has 0 spiro atoms. The average Bonchev–Trinajstić information content (AvgIpc) is 2.62.